The van der Waals surface area contributed by atoms with Gasteiger partial charge in [-0.15, -0.1) is 0 Å². The Bertz CT molecular complexity index is 425. The second-order valence-electron chi connectivity index (χ2n) is 7.96. The molecule has 2 aliphatic carbocycles. The van der Waals surface area contributed by atoms with E-state index >= 15 is 0 Å². The van der Waals surface area contributed by atoms with Crippen molar-refractivity contribution in [2.24, 2.45) is 0 Å². The Morgan fingerprint density at radius 3 is 1.96 bits per heavy atom. The van der Waals surface area contributed by atoms with Gasteiger partial charge in [-0.3, -0.25) is 0 Å². The van der Waals surface area contributed by atoms with E-state index < -0.39 is 0 Å². The second kappa shape index (κ2) is 5.67. The number of ether oxygens (including phenoxy) is 5. The van der Waals surface area contributed by atoms with Crippen molar-refractivity contribution in [1.29, 1.82) is 0 Å². The van der Waals surface area contributed by atoms with E-state index in [1.54, 1.807) is 0 Å². The van der Waals surface area contributed by atoms with Gasteiger partial charge in [0.05, 0.1) is 12.7 Å². The quantitative estimate of drug-likeness (QED) is 0.741. The third-order valence-electron chi connectivity index (χ3n) is 6.30. The van der Waals surface area contributed by atoms with Crippen molar-refractivity contribution in [3.63, 3.8) is 0 Å². The maximum Gasteiger partial charge on any atom is 0.187 e. The first-order valence-electron chi connectivity index (χ1n) is 9.59. The monoisotopic (exact) mass is 324 g/mol. The highest BCUT2D eigenvalue weighted by Gasteiger charge is 2.56. The minimum Gasteiger partial charge on any atom is -0.347 e. The van der Waals surface area contributed by atoms with Crippen LogP contribution in [0.4, 0.5) is 0 Å². The molecule has 130 valence electrons. The van der Waals surface area contributed by atoms with Crippen molar-refractivity contribution >= 4 is 0 Å². The van der Waals surface area contributed by atoms with Gasteiger partial charge in [-0.1, -0.05) is 12.8 Å². The fourth-order valence-electron chi connectivity index (χ4n) is 5.06. The van der Waals surface area contributed by atoms with Gasteiger partial charge in [0.2, 0.25) is 0 Å². The Labute approximate surface area is 137 Å². The summed E-state index contributed by atoms with van der Waals surface area (Å²) in [5.41, 5.74) is 0. The van der Waals surface area contributed by atoms with Crippen molar-refractivity contribution in [1.82, 2.24) is 0 Å². The van der Waals surface area contributed by atoms with E-state index in [0.29, 0.717) is 6.61 Å². The molecule has 5 rings (SSSR count). The van der Waals surface area contributed by atoms with Crippen LogP contribution in [0.5, 0.6) is 0 Å². The molecule has 2 saturated carbocycles. The van der Waals surface area contributed by atoms with Gasteiger partial charge in [-0.25, -0.2) is 0 Å². The molecule has 5 nitrogen and oxygen atoms in total. The van der Waals surface area contributed by atoms with E-state index in [1.165, 1.54) is 38.5 Å². The molecule has 0 amide bonds. The van der Waals surface area contributed by atoms with Crippen LogP contribution in [-0.4, -0.2) is 42.8 Å². The third kappa shape index (κ3) is 2.65. The molecule has 0 N–H and O–H groups in total. The van der Waals surface area contributed by atoms with Crippen molar-refractivity contribution in [2.75, 3.05) is 6.61 Å². The molecule has 3 aliphatic heterocycles. The van der Waals surface area contributed by atoms with Crippen LogP contribution in [0.3, 0.4) is 0 Å². The van der Waals surface area contributed by atoms with Crippen LogP contribution < -0.4 is 0 Å². The molecule has 0 aromatic carbocycles. The minimum atomic E-state index is -0.351. The summed E-state index contributed by atoms with van der Waals surface area (Å²) in [6.45, 7) is 0.648. The summed E-state index contributed by atoms with van der Waals surface area (Å²) in [5, 5.41) is 0. The SMILES string of the molecule is C1CCC2(CC1)OCC([C@@H]1C[C@H]3OC4(CCCCC4)O[C@H]3O1)O2. The maximum absolute atomic E-state index is 6.32. The molecule has 23 heavy (non-hydrogen) atoms. The summed E-state index contributed by atoms with van der Waals surface area (Å²) in [6, 6.07) is 0. The smallest absolute Gasteiger partial charge is 0.187 e. The number of fused-ring (bicyclic) bond motifs is 1. The first-order chi connectivity index (χ1) is 11.3. The van der Waals surface area contributed by atoms with E-state index in [0.717, 1.165) is 32.1 Å². The average molecular weight is 324 g/mol. The van der Waals surface area contributed by atoms with Crippen LogP contribution in [-0.2, 0) is 23.7 Å². The molecule has 0 aromatic rings. The first-order valence-corrected chi connectivity index (χ1v) is 9.59. The van der Waals surface area contributed by atoms with Crippen LogP contribution in [0.15, 0.2) is 0 Å². The highest BCUT2D eigenvalue weighted by Crippen LogP contribution is 2.47. The van der Waals surface area contributed by atoms with Crippen LogP contribution in [0, 0.1) is 0 Å². The fraction of sp³-hybridized carbons (Fsp3) is 1.00. The predicted octanol–water partition coefficient (Wildman–Crippen LogP) is 3.25. The lowest BCUT2D eigenvalue weighted by Crippen LogP contribution is -2.38. The van der Waals surface area contributed by atoms with Gasteiger partial charge in [0.15, 0.2) is 17.9 Å². The van der Waals surface area contributed by atoms with Crippen molar-refractivity contribution in [3.8, 4) is 0 Å². The summed E-state index contributed by atoms with van der Waals surface area (Å²) >= 11 is 0. The molecule has 3 heterocycles. The molecule has 0 radical (unpaired) electrons. The molecule has 5 fully saturated rings. The number of hydrogen-bond donors (Lipinski definition) is 0. The summed E-state index contributed by atoms with van der Waals surface area (Å²) in [7, 11) is 0. The Morgan fingerprint density at radius 1 is 0.609 bits per heavy atom. The highest BCUT2D eigenvalue weighted by molar-refractivity contribution is 4.94. The minimum absolute atomic E-state index is 0.0354. The van der Waals surface area contributed by atoms with Gasteiger partial charge in [-0.2, -0.15) is 0 Å². The number of hydrogen-bond acceptors (Lipinski definition) is 5. The Morgan fingerprint density at radius 2 is 1.26 bits per heavy atom. The predicted molar refractivity (Wildman–Crippen MR) is 81.7 cm³/mol. The molecule has 5 heteroatoms. The fourth-order valence-corrected chi connectivity index (χ4v) is 5.06. The molecular formula is C18H28O5. The summed E-state index contributed by atoms with van der Waals surface area (Å²) in [6.07, 6.45) is 12.3. The standard InChI is InChI=1S/C18H28O5/c1-3-7-17(8-4-1)19-12-15(22-17)13-11-14-16(20-13)23-18(21-14)9-5-2-6-10-18/h13-16H,1-12H2/t13-,14+,15?,16+/m0/s1. The Balaban J connectivity index is 1.20. The lowest BCUT2D eigenvalue weighted by molar-refractivity contribution is -0.250. The van der Waals surface area contributed by atoms with E-state index in [1.807, 2.05) is 0 Å². The van der Waals surface area contributed by atoms with Crippen LogP contribution in [0.1, 0.15) is 70.6 Å². The normalized spacial score (nSPS) is 44.9. The van der Waals surface area contributed by atoms with E-state index in [9.17, 15) is 0 Å². The second-order valence-corrected chi connectivity index (χ2v) is 7.96. The van der Waals surface area contributed by atoms with Crippen molar-refractivity contribution < 1.29 is 23.7 Å². The van der Waals surface area contributed by atoms with E-state index in [-0.39, 0.29) is 36.2 Å². The molecule has 0 bridgehead atoms. The zero-order chi connectivity index (χ0) is 15.3. The Hall–Kier alpha value is -0.200. The summed E-state index contributed by atoms with van der Waals surface area (Å²) in [5.74, 6) is -0.674. The van der Waals surface area contributed by atoms with Gasteiger partial charge in [0.25, 0.3) is 0 Å². The molecular weight excluding hydrogens is 296 g/mol. The molecule has 4 atom stereocenters. The molecule has 3 saturated heterocycles. The van der Waals surface area contributed by atoms with Gasteiger partial charge >= 0.3 is 0 Å². The molecule has 5 aliphatic rings. The van der Waals surface area contributed by atoms with Gasteiger partial charge in [-0.05, 0) is 25.7 Å². The van der Waals surface area contributed by atoms with E-state index in [4.69, 9.17) is 23.7 Å². The van der Waals surface area contributed by atoms with Gasteiger partial charge in [0, 0.05) is 32.1 Å². The summed E-state index contributed by atoms with van der Waals surface area (Å²) < 4.78 is 31.0. The highest BCUT2D eigenvalue weighted by atomic mass is 16.8. The first kappa shape index (κ1) is 15.1. The Kier molecular flexibility index (Phi) is 3.72. The molecule has 2 spiro atoms. The summed E-state index contributed by atoms with van der Waals surface area (Å²) in [4.78, 5) is 0. The zero-order valence-electron chi connectivity index (χ0n) is 13.8. The van der Waals surface area contributed by atoms with Gasteiger partial charge in [0.1, 0.15) is 12.2 Å². The van der Waals surface area contributed by atoms with Crippen LogP contribution in [0.25, 0.3) is 0 Å². The zero-order valence-corrected chi connectivity index (χ0v) is 13.8. The maximum atomic E-state index is 6.32. The van der Waals surface area contributed by atoms with Crippen molar-refractivity contribution in [3.05, 3.63) is 0 Å². The topological polar surface area (TPSA) is 46.2 Å². The largest absolute Gasteiger partial charge is 0.347 e. The third-order valence-corrected chi connectivity index (χ3v) is 6.30. The van der Waals surface area contributed by atoms with E-state index in [2.05, 4.69) is 0 Å². The van der Waals surface area contributed by atoms with Crippen LogP contribution in [0.2, 0.25) is 0 Å². The molecule has 0 aromatic heterocycles. The average Bonchev–Trinajstić information content (AvgIpc) is 3.21. The van der Waals surface area contributed by atoms with Crippen molar-refractivity contribution in [2.45, 2.75) is 107 Å². The lowest BCUT2D eigenvalue weighted by atomic mass is 9.94. The van der Waals surface area contributed by atoms with Gasteiger partial charge < -0.3 is 23.7 Å². The lowest BCUT2D eigenvalue weighted by Gasteiger charge is -2.34. The number of rotatable bonds is 1. The van der Waals surface area contributed by atoms with Crippen LogP contribution >= 0.6 is 0 Å². The molecule has 1 unspecified atom stereocenters.